The predicted molar refractivity (Wildman–Crippen MR) is 94.8 cm³/mol. The van der Waals surface area contributed by atoms with Crippen molar-refractivity contribution < 1.29 is 71.2 Å². The molecule has 0 fully saturated rings. The van der Waals surface area contributed by atoms with Crippen LogP contribution in [0.15, 0.2) is 0 Å². The number of hydrogen-bond donors (Lipinski definition) is 1. The fourth-order valence-electron chi connectivity index (χ4n) is 2.88. The van der Waals surface area contributed by atoms with Crippen molar-refractivity contribution in [2.24, 2.45) is 0 Å². The van der Waals surface area contributed by atoms with Gasteiger partial charge in [0.15, 0.2) is 0 Å². The van der Waals surface area contributed by atoms with E-state index >= 15 is 0 Å². The summed E-state index contributed by atoms with van der Waals surface area (Å²) >= 11 is 0. The summed E-state index contributed by atoms with van der Waals surface area (Å²) in [5.41, 5.74) is 0. The normalized spacial score (nSPS) is 10.6. The van der Waals surface area contributed by atoms with Gasteiger partial charge in [0, 0.05) is 13.1 Å². The van der Waals surface area contributed by atoms with E-state index in [4.69, 9.17) is 5.11 Å². The van der Waals surface area contributed by atoms with Gasteiger partial charge in [-0.3, -0.25) is 9.69 Å². The number of carbonyl (C=O) groups is 2. The van der Waals surface area contributed by atoms with Gasteiger partial charge in [0.1, 0.15) is 0 Å². The first-order chi connectivity index (χ1) is 11.6. The van der Waals surface area contributed by atoms with E-state index in [2.05, 4.69) is 6.92 Å². The number of rotatable bonds is 18. The SMILES string of the molecule is CCCCCCCCCCCCCCN(CCC(=O)O)CC(=O)[O-].[K+]. The monoisotopic (exact) mass is 381 g/mol. The van der Waals surface area contributed by atoms with Crippen LogP contribution in [0.2, 0.25) is 0 Å². The minimum Gasteiger partial charge on any atom is -0.549 e. The minimum atomic E-state index is -1.14. The molecule has 5 nitrogen and oxygen atoms in total. The number of unbranched alkanes of at least 4 members (excludes halogenated alkanes) is 11. The summed E-state index contributed by atoms with van der Waals surface area (Å²) in [5, 5.41) is 19.4. The quantitative estimate of drug-likeness (QED) is 0.271. The largest absolute Gasteiger partial charge is 1.00 e. The van der Waals surface area contributed by atoms with Gasteiger partial charge in [-0.25, -0.2) is 0 Å². The van der Waals surface area contributed by atoms with Crippen molar-refractivity contribution in [1.29, 1.82) is 0 Å². The zero-order valence-electron chi connectivity index (χ0n) is 16.4. The summed E-state index contributed by atoms with van der Waals surface area (Å²) in [5.74, 6) is -2.03. The summed E-state index contributed by atoms with van der Waals surface area (Å²) in [6.07, 6.45) is 15.1. The molecule has 0 aromatic carbocycles. The Morgan fingerprint density at radius 2 is 1.24 bits per heavy atom. The molecule has 0 aliphatic heterocycles. The summed E-state index contributed by atoms with van der Waals surface area (Å²) in [4.78, 5) is 22.9. The molecule has 0 aromatic rings. The van der Waals surface area contributed by atoms with Crippen LogP contribution < -0.4 is 56.5 Å². The van der Waals surface area contributed by atoms with E-state index < -0.39 is 11.9 Å². The summed E-state index contributed by atoms with van der Waals surface area (Å²) in [7, 11) is 0. The van der Waals surface area contributed by atoms with Crippen LogP contribution in [-0.2, 0) is 9.59 Å². The second kappa shape index (κ2) is 20.8. The molecule has 0 aliphatic carbocycles. The molecule has 0 rings (SSSR count). The molecule has 25 heavy (non-hydrogen) atoms. The standard InChI is InChI=1S/C19H37NO4.K/c1-2-3-4-5-6-7-8-9-10-11-12-13-15-20(17-19(23)24)16-14-18(21)22;/h2-17H2,1H3,(H,21,22)(H,23,24);/q;+1/p-1. The molecule has 1 N–H and O–H groups in total. The molecule has 0 aliphatic rings. The maximum absolute atomic E-state index is 10.7. The summed E-state index contributed by atoms with van der Waals surface area (Å²) in [6, 6.07) is 0. The van der Waals surface area contributed by atoms with Gasteiger partial charge >= 0.3 is 57.4 Å². The number of carboxylic acid groups (broad SMARTS) is 2. The van der Waals surface area contributed by atoms with Crippen molar-refractivity contribution in [2.75, 3.05) is 19.6 Å². The Balaban J connectivity index is 0. The minimum absolute atomic E-state index is 0. The third-order valence-electron chi connectivity index (χ3n) is 4.32. The Bertz CT molecular complexity index is 327. The Labute approximate surface area is 196 Å². The second-order valence-electron chi connectivity index (χ2n) is 6.68. The molecule has 0 heterocycles. The van der Waals surface area contributed by atoms with E-state index in [1.807, 2.05) is 0 Å². The topological polar surface area (TPSA) is 80.7 Å². The molecule has 6 heteroatoms. The Morgan fingerprint density at radius 1 is 0.800 bits per heavy atom. The summed E-state index contributed by atoms with van der Waals surface area (Å²) < 4.78 is 0. The van der Waals surface area contributed by atoms with Crippen LogP contribution in [0.5, 0.6) is 0 Å². The van der Waals surface area contributed by atoms with Crippen LogP contribution in [0.25, 0.3) is 0 Å². The van der Waals surface area contributed by atoms with E-state index in [-0.39, 0.29) is 70.9 Å². The number of aliphatic carboxylic acids is 2. The molecule has 0 spiro atoms. The van der Waals surface area contributed by atoms with Gasteiger partial charge in [0.2, 0.25) is 0 Å². The predicted octanol–water partition coefficient (Wildman–Crippen LogP) is 0.218. The van der Waals surface area contributed by atoms with Gasteiger partial charge in [-0.05, 0) is 13.0 Å². The third kappa shape index (κ3) is 22.5. The Hall–Kier alpha value is 0.536. The fraction of sp³-hybridized carbons (Fsp3) is 0.895. The molecule has 0 amide bonds. The first kappa shape index (κ1) is 27.8. The zero-order valence-corrected chi connectivity index (χ0v) is 19.6. The van der Waals surface area contributed by atoms with Gasteiger partial charge in [0.05, 0.1) is 12.4 Å². The van der Waals surface area contributed by atoms with E-state index in [1.54, 1.807) is 4.90 Å². The van der Waals surface area contributed by atoms with Crippen molar-refractivity contribution in [3.63, 3.8) is 0 Å². The molecular weight excluding hydrogens is 345 g/mol. The van der Waals surface area contributed by atoms with Crippen molar-refractivity contribution in [3.05, 3.63) is 0 Å². The molecule has 0 saturated heterocycles. The first-order valence-corrected chi connectivity index (χ1v) is 9.70. The van der Waals surface area contributed by atoms with E-state index in [9.17, 15) is 14.7 Å². The van der Waals surface area contributed by atoms with Gasteiger partial charge in [-0.2, -0.15) is 0 Å². The van der Waals surface area contributed by atoms with Crippen LogP contribution in [0, 0.1) is 0 Å². The van der Waals surface area contributed by atoms with E-state index in [0.29, 0.717) is 6.54 Å². The fourth-order valence-corrected chi connectivity index (χ4v) is 2.88. The van der Waals surface area contributed by atoms with Crippen LogP contribution in [0.3, 0.4) is 0 Å². The van der Waals surface area contributed by atoms with E-state index in [1.165, 1.54) is 64.2 Å². The third-order valence-corrected chi connectivity index (χ3v) is 4.32. The van der Waals surface area contributed by atoms with Gasteiger partial charge in [0.25, 0.3) is 0 Å². The summed E-state index contributed by atoms with van der Waals surface area (Å²) in [6.45, 7) is 2.98. The Kier molecular flexibility index (Phi) is 23.1. The Morgan fingerprint density at radius 3 is 1.64 bits per heavy atom. The molecule has 0 aromatic heterocycles. The average Bonchev–Trinajstić information content (AvgIpc) is 2.52. The molecule has 0 saturated carbocycles. The van der Waals surface area contributed by atoms with Crippen LogP contribution in [-0.4, -0.2) is 41.6 Å². The molecular formula is C19H36KNO4. The molecule has 142 valence electrons. The van der Waals surface area contributed by atoms with Crippen molar-refractivity contribution in [3.8, 4) is 0 Å². The van der Waals surface area contributed by atoms with Crippen molar-refractivity contribution >= 4 is 11.9 Å². The molecule has 0 atom stereocenters. The van der Waals surface area contributed by atoms with Crippen LogP contribution in [0.1, 0.15) is 90.4 Å². The van der Waals surface area contributed by atoms with Gasteiger partial charge < -0.3 is 15.0 Å². The maximum Gasteiger partial charge on any atom is 1.00 e. The number of carbonyl (C=O) groups excluding carboxylic acids is 1. The second-order valence-corrected chi connectivity index (χ2v) is 6.68. The maximum atomic E-state index is 10.7. The van der Waals surface area contributed by atoms with Gasteiger partial charge in [-0.15, -0.1) is 0 Å². The van der Waals surface area contributed by atoms with Crippen molar-refractivity contribution in [2.45, 2.75) is 90.4 Å². The van der Waals surface area contributed by atoms with Crippen LogP contribution in [0.4, 0.5) is 0 Å². The number of carboxylic acids is 2. The van der Waals surface area contributed by atoms with Crippen molar-refractivity contribution in [1.82, 2.24) is 4.90 Å². The van der Waals surface area contributed by atoms with Crippen LogP contribution >= 0.6 is 0 Å². The average molecular weight is 382 g/mol. The first-order valence-electron chi connectivity index (χ1n) is 9.70. The molecule has 0 unspecified atom stereocenters. The molecule has 0 bridgehead atoms. The zero-order chi connectivity index (χ0) is 18.0. The number of nitrogens with zero attached hydrogens (tertiary/aromatic N) is 1. The number of hydrogen-bond acceptors (Lipinski definition) is 4. The van der Waals surface area contributed by atoms with E-state index in [0.717, 1.165) is 12.8 Å². The van der Waals surface area contributed by atoms with Gasteiger partial charge in [-0.1, -0.05) is 77.6 Å². The smallest absolute Gasteiger partial charge is 0.549 e. The molecule has 0 radical (unpaired) electrons.